The Morgan fingerprint density at radius 3 is 2.60 bits per heavy atom. The third-order valence-electron chi connectivity index (χ3n) is 2.54. The molecule has 1 aromatic carbocycles. The summed E-state index contributed by atoms with van der Waals surface area (Å²) in [5.74, 6) is 0.890. The van der Waals surface area contributed by atoms with Crippen LogP contribution in [0.4, 0.5) is 17.6 Å². The van der Waals surface area contributed by atoms with E-state index in [-0.39, 0.29) is 0 Å². The topological polar surface area (TPSA) is 72.0 Å². The number of rotatable bonds is 5. The number of nitrogens with zero attached hydrogens (tertiary/aromatic N) is 3. The molecule has 1 aromatic heterocycles. The van der Waals surface area contributed by atoms with Gasteiger partial charge in [-0.25, -0.2) is 0 Å². The molecule has 0 atom stereocenters. The molecule has 0 amide bonds. The number of aryl methyl sites for hydroxylation is 1. The third-order valence-corrected chi connectivity index (χ3v) is 3.39. The highest BCUT2D eigenvalue weighted by Crippen LogP contribution is 2.23. The normalized spacial score (nSPS) is 10.2. The highest BCUT2D eigenvalue weighted by molar-refractivity contribution is 9.10. The van der Waals surface area contributed by atoms with Crippen molar-refractivity contribution >= 4 is 33.5 Å². The van der Waals surface area contributed by atoms with Crippen molar-refractivity contribution < 1.29 is 4.74 Å². The fraction of sp³-hybridized carbons (Fsp3) is 0.308. The van der Waals surface area contributed by atoms with E-state index < -0.39 is 0 Å². The van der Waals surface area contributed by atoms with Crippen molar-refractivity contribution in [3.8, 4) is 6.01 Å². The molecule has 0 saturated carbocycles. The first kappa shape index (κ1) is 14.5. The summed E-state index contributed by atoms with van der Waals surface area (Å²) < 4.78 is 6.34. The van der Waals surface area contributed by atoms with Crippen LogP contribution < -0.4 is 15.4 Å². The van der Waals surface area contributed by atoms with Gasteiger partial charge in [-0.3, -0.25) is 0 Å². The smallest absolute Gasteiger partial charge is 0.323 e. The number of hydrogen-bond donors (Lipinski definition) is 2. The van der Waals surface area contributed by atoms with Gasteiger partial charge in [0.2, 0.25) is 11.9 Å². The van der Waals surface area contributed by atoms with Crippen LogP contribution in [0, 0.1) is 6.92 Å². The fourth-order valence-electron chi connectivity index (χ4n) is 1.52. The van der Waals surface area contributed by atoms with Crippen molar-refractivity contribution in [2.24, 2.45) is 0 Å². The Kier molecular flexibility index (Phi) is 4.73. The van der Waals surface area contributed by atoms with Crippen LogP contribution in [-0.4, -0.2) is 28.6 Å². The van der Waals surface area contributed by atoms with E-state index in [9.17, 15) is 0 Å². The number of nitrogens with one attached hydrogen (secondary N) is 2. The van der Waals surface area contributed by atoms with Crippen molar-refractivity contribution in [3.05, 3.63) is 28.2 Å². The Labute approximate surface area is 126 Å². The molecular formula is C13H16BrN5O. The quantitative estimate of drug-likeness (QED) is 0.873. The molecule has 2 rings (SSSR count). The molecule has 0 spiro atoms. The van der Waals surface area contributed by atoms with E-state index in [1.165, 1.54) is 0 Å². The zero-order chi connectivity index (χ0) is 14.5. The van der Waals surface area contributed by atoms with Gasteiger partial charge in [0.15, 0.2) is 0 Å². The molecule has 7 heteroatoms. The van der Waals surface area contributed by atoms with Gasteiger partial charge in [-0.1, -0.05) is 22.0 Å². The second-order valence-electron chi connectivity index (χ2n) is 4.04. The fourth-order valence-corrected chi connectivity index (χ4v) is 1.90. The minimum atomic E-state index is 0.292. The van der Waals surface area contributed by atoms with Crippen LogP contribution >= 0.6 is 15.9 Å². The van der Waals surface area contributed by atoms with Crippen molar-refractivity contribution in [1.82, 2.24) is 15.0 Å². The molecule has 106 valence electrons. The second kappa shape index (κ2) is 6.51. The van der Waals surface area contributed by atoms with Gasteiger partial charge in [0.25, 0.3) is 0 Å². The third kappa shape index (κ3) is 3.57. The van der Waals surface area contributed by atoms with E-state index in [1.807, 2.05) is 32.0 Å². The van der Waals surface area contributed by atoms with Crippen LogP contribution in [0.2, 0.25) is 0 Å². The minimum absolute atomic E-state index is 0.292. The van der Waals surface area contributed by atoms with Gasteiger partial charge in [-0.2, -0.15) is 15.0 Å². The Balaban J connectivity index is 2.27. The van der Waals surface area contributed by atoms with Crippen LogP contribution in [0.3, 0.4) is 0 Å². The maximum Gasteiger partial charge on any atom is 0.323 e. The van der Waals surface area contributed by atoms with Gasteiger partial charge in [0.05, 0.1) is 6.61 Å². The predicted molar refractivity (Wildman–Crippen MR) is 82.7 cm³/mol. The van der Waals surface area contributed by atoms with E-state index in [1.54, 1.807) is 7.05 Å². The van der Waals surface area contributed by atoms with Crippen molar-refractivity contribution in [1.29, 1.82) is 0 Å². The first-order valence-corrected chi connectivity index (χ1v) is 7.01. The van der Waals surface area contributed by atoms with Gasteiger partial charge >= 0.3 is 6.01 Å². The molecule has 0 bridgehead atoms. The summed E-state index contributed by atoms with van der Waals surface area (Å²) in [6.07, 6.45) is 0. The van der Waals surface area contributed by atoms with Crippen LogP contribution in [0.1, 0.15) is 12.5 Å². The summed E-state index contributed by atoms with van der Waals surface area (Å²) in [6.45, 7) is 4.42. The largest absolute Gasteiger partial charge is 0.464 e. The standard InChI is InChI=1S/C13H16BrN5O/c1-4-20-13-18-11(15-3)17-12(19-13)16-9-6-5-8(2)10(14)7-9/h5-7H,4H2,1-3H3,(H2,15,16,17,18,19). The molecule has 2 aromatic rings. The molecule has 0 aliphatic rings. The summed E-state index contributed by atoms with van der Waals surface area (Å²) in [4.78, 5) is 12.6. The molecule has 2 N–H and O–H groups in total. The summed E-state index contributed by atoms with van der Waals surface area (Å²) in [5, 5.41) is 6.01. The molecule has 20 heavy (non-hydrogen) atoms. The first-order valence-electron chi connectivity index (χ1n) is 6.22. The van der Waals surface area contributed by atoms with E-state index in [0.717, 1.165) is 15.7 Å². The van der Waals surface area contributed by atoms with Crippen molar-refractivity contribution in [2.45, 2.75) is 13.8 Å². The lowest BCUT2D eigenvalue weighted by atomic mass is 10.2. The summed E-state index contributed by atoms with van der Waals surface area (Å²) >= 11 is 3.50. The average molecular weight is 338 g/mol. The van der Waals surface area contributed by atoms with Crippen molar-refractivity contribution in [3.63, 3.8) is 0 Å². The SMILES string of the molecule is CCOc1nc(NC)nc(Nc2ccc(C)c(Br)c2)n1. The lowest BCUT2D eigenvalue weighted by Gasteiger charge is -2.09. The number of hydrogen-bond acceptors (Lipinski definition) is 6. The predicted octanol–water partition coefficient (Wildman–Crippen LogP) is 3.13. The summed E-state index contributed by atoms with van der Waals surface area (Å²) in [7, 11) is 1.75. The Bertz CT molecular complexity index is 605. The van der Waals surface area contributed by atoms with Crippen LogP contribution in [0.15, 0.2) is 22.7 Å². The van der Waals surface area contributed by atoms with E-state index in [2.05, 4.69) is 41.5 Å². The van der Waals surface area contributed by atoms with Gasteiger partial charge in [-0.15, -0.1) is 0 Å². The molecular weight excluding hydrogens is 322 g/mol. The average Bonchev–Trinajstić information content (AvgIpc) is 2.43. The minimum Gasteiger partial charge on any atom is -0.464 e. The zero-order valence-electron chi connectivity index (χ0n) is 11.6. The summed E-state index contributed by atoms with van der Waals surface area (Å²) in [6, 6.07) is 6.23. The Hall–Kier alpha value is -1.89. The second-order valence-corrected chi connectivity index (χ2v) is 4.89. The Morgan fingerprint density at radius 2 is 1.95 bits per heavy atom. The van der Waals surface area contributed by atoms with E-state index in [0.29, 0.717) is 24.5 Å². The number of benzene rings is 1. The molecule has 1 heterocycles. The lowest BCUT2D eigenvalue weighted by Crippen LogP contribution is -2.07. The van der Waals surface area contributed by atoms with Crippen LogP contribution in [0.25, 0.3) is 0 Å². The maximum absolute atomic E-state index is 5.32. The molecule has 0 saturated heterocycles. The highest BCUT2D eigenvalue weighted by Gasteiger charge is 2.07. The van der Waals surface area contributed by atoms with E-state index in [4.69, 9.17) is 4.74 Å². The number of ether oxygens (including phenoxy) is 1. The lowest BCUT2D eigenvalue weighted by molar-refractivity contribution is 0.312. The van der Waals surface area contributed by atoms with Crippen molar-refractivity contribution in [2.75, 3.05) is 24.3 Å². The molecule has 0 unspecified atom stereocenters. The van der Waals surface area contributed by atoms with Crippen LogP contribution in [0.5, 0.6) is 6.01 Å². The molecule has 0 aliphatic carbocycles. The number of halogens is 1. The maximum atomic E-state index is 5.32. The Morgan fingerprint density at radius 1 is 1.20 bits per heavy atom. The van der Waals surface area contributed by atoms with Gasteiger partial charge < -0.3 is 15.4 Å². The molecule has 6 nitrogen and oxygen atoms in total. The summed E-state index contributed by atoms with van der Waals surface area (Å²) in [5.41, 5.74) is 2.05. The highest BCUT2D eigenvalue weighted by atomic mass is 79.9. The molecule has 0 aliphatic heterocycles. The van der Waals surface area contributed by atoms with Crippen LogP contribution in [-0.2, 0) is 0 Å². The number of aromatic nitrogens is 3. The van der Waals surface area contributed by atoms with E-state index >= 15 is 0 Å². The van der Waals surface area contributed by atoms with Gasteiger partial charge in [0.1, 0.15) is 0 Å². The van der Waals surface area contributed by atoms with Gasteiger partial charge in [0, 0.05) is 17.2 Å². The van der Waals surface area contributed by atoms with Gasteiger partial charge in [-0.05, 0) is 31.5 Å². The molecule has 0 fully saturated rings. The number of anilines is 3. The monoisotopic (exact) mass is 337 g/mol. The zero-order valence-corrected chi connectivity index (χ0v) is 13.2. The molecule has 0 radical (unpaired) electrons. The first-order chi connectivity index (χ1) is 9.62.